The van der Waals surface area contributed by atoms with E-state index in [1.165, 1.54) is 6.07 Å². The number of nitrogens with one attached hydrogen (secondary N) is 2. The first-order chi connectivity index (χ1) is 9.49. The summed E-state index contributed by atoms with van der Waals surface area (Å²) in [5, 5.41) is 17.0. The second-order valence-electron chi connectivity index (χ2n) is 5.24. The molecule has 20 heavy (non-hydrogen) atoms. The average Bonchev–Trinajstić information content (AvgIpc) is 2.42. The summed E-state index contributed by atoms with van der Waals surface area (Å²) in [6.07, 6.45) is 1.83. The third-order valence-electron chi connectivity index (χ3n) is 3.67. The van der Waals surface area contributed by atoms with E-state index in [0.717, 1.165) is 24.9 Å². The predicted octanol–water partition coefficient (Wildman–Crippen LogP) is 2.15. The first-order valence-electron chi connectivity index (χ1n) is 6.76. The zero-order valence-corrected chi connectivity index (χ0v) is 11.7. The highest BCUT2D eigenvalue weighted by molar-refractivity contribution is 5.94. The van der Waals surface area contributed by atoms with Crippen molar-refractivity contribution in [1.82, 2.24) is 5.32 Å². The van der Waals surface area contributed by atoms with Crippen LogP contribution in [0.4, 0.5) is 11.4 Å². The standard InChI is InChI=1S/C14H19N3O3/c1-9-6-10(2)13(17(19)20)7-12(9)16-14(18)11-4-3-5-15-8-11/h6-7,11,15H,3-5,8H2,1-2H3,(H,16,18)/t11-/m1/s1. The Morgan fingerprint density at radius 1 is 1.40 bits per heavy atom. The van der Waals surface area contributed by atoms with Crippen LogP contribution in [-0.2, 0) is 4.79 Å². The average molecular weight is 277 g/mol. The first-order valence-corrected chi connectivity index (χ1v) is 6.76. The molecule has 0 bridgehead atoms. The summed E-state index contributed by atoms with van der Waals surface area (Å²) in [5.74, 6) is -0.137. The highest BCUT2D eigenvalue weighted by atomic mass is 16.6. The number of rotatable bonds is 3. The highest BCUT2D eigenvalue weighted by Crippen LogP contribution is 2.27. The molecule has 0 saturated carbocycles. The summed E-state index contributed by atoms with van der Waals surface area (Å²) in [4.78, 5) is 22.7. The van der Waals surface area contributed by atoms with Gasteiger partial charge >= 0.3 is 0 Å². The number of carbonyl (C=O) groups is 1. The van der Waals surface area contributed by atoms with Crippen LogP contribution in [0.5, 0.6) is 0 Å². The van der Waals surface area contributed by atoms with Crippen molar-refractivity contribution >= 4 is 17.3 Å². The molecule has 0 spiro atoms. The van der Waals surface area contributed by atoms with Gasteiger partial charge in [0.1, 0.15) is 0 Å². The van der Waals surface area contributed by atoms with E-state index in [4.69, 9.17) is 0 Å². The fourth-order valence-electron chi connectivity index (χ4n) is 2.48. The maximum absolute atomic E-state index is 12.2. The highest BCUT2D eigenvalue weighted by Gasteiger charge is 2.22. The molecule has 1 heterocycles. The van der Waals surface area contributed by atoms with Crippen molar-refractivity contribution in [1.29, 1.82) is 0 Å². The number of benzene rings is 1. The van der Waals surface area contributed by atoms with Gasteiger partial charge in [0.25, 0.3) is 5.69 Å². The lowest BCUT2D eigenvalue weighted by atomic mass is 9.98. The molecule has 6 heteroatoms. The predicted molar refractivity (Wildman–Crippen MR) is 76.8 cm³/mol. The Morgan fingerprint density at radius 3 is 2.75 bits per heavy atom. The smallest absolute Gasteiger partial charge is 0.274 e. The van der Waals surface area contributed by atoms with Crippen LogP contribution in [0.15, 0.2) is 12.1 Å². The number of nitro benzene ring substituents is 1. The SMILES string of the molecule is Cc1cc(C)c([N+](=O)[O-])cc1NC(=O)[C@@H]1CCCNC1. The fourth-order valence-corrected chi connectivity index (χ4v) is 2.48. The normalized spacial score (nSPS) is 18.6. The molecule has 1 aliphatic heterocycles. The van der Waals surface area contributed by atoms with E-state index in [1.807, 2.05) is 6.92 Å². The molecule has 6 nitrogen and oxygen atoms in total. The van der Waals surface area contributed by atoms with Gasteiger partial charge in [0.15, 0.2) is 0 Å². The van der Waals surface area contributed by atoms with Gasteiger partial charge in [-0.05, 0) is 44.9 Å². The van der Waals surface area contributed by atoms with E-state index < -0.39 is 4.92 Å². The molecule has 1 atom stereocenters. The Labute approximate surface area is 117 Å². The minimum atomic E-state index is -0.424. The number of hydrogen-bond donors (Lipinski definition) is 2. The summed E-state index contributed by atoms with van der Waals surface area (Å²) in [5.41, 5.74) is 2.00. The second kappa shape index (κ2) is 6.00. The van der Waals surface area contributed by atoms with Crippen LogP contribution in [0, 0.1) is 29.9 Å². The fraction of sp³-hybridized carbons (Fsp3) is 0.500. The molecule has 0 unspecified atom stereocenters. The number of nitrogens with zero attached hydrogens (tertiary/aromatic N) is 1. The van der Waals surface area contributed by atoms with Crippen LogP contribution in [0.1, 0.15) is 24.0 Å². The van der Waals surface area contributed by atoms with Gasteiger partial charge in [-0.15, -0.1) is 0 Å². The van der Waals surface area contributed by atoms with E-state index in [-0.39, 0.29) is 17.5 Å². The maximum Gasteiger partial charge on any atom is 0.274 e. The van der Waals surface area contributed by atoms with E-state index >= 15 is 0 Å². The summed E-state index contributed by atoms with van der Waals surface area (Å²) in [6, 6.07) is 3.17. The zero-order valence-electron chi connectivity index (χ0n) is 11.7. The molecular weight excluding hydrogens is 258 g/mol. The van der Waals surface area contributed by atoms with Crippen molar-refractivity contribution < 1.29 is 9.72 Å². The minimum absolute atomic E-state index is 0.0349. The molecule has 0 radical (unpaired) electrons. The van der Waals surface area contributed by atoms with Crippen LogP contribution in [0.3, 0.4) is 0 Å². The van der Waals surface area contributed by atoms with E-state index in [1.54, 1.807) is 13.0 Å². The molecule has 1 saturated heterocycles. The molecule has 2 N–H and O–H groups in total. The van der Waals surface area contributed by atoms with Gasteiger partial charge in [0.05, 0.1) is 16.5 Å². The number of anilines is 1. The molecule has 1 aromatic rings. The van der Waals surface area contributed by atoms with E-state index in [0.29, 0.717) is 17.8 Å². The van der Waals surface area contributed by atoms with Crippen molar-refractivity contribution in [3.05, 3.63) is 33.4 Å². The van der Waals surface area contributed by atoms with Crippen LogP contribution in [0.25, 0.3) is 0 Å². The lowest BCUT2D eigenvalue weighted by Gasteiger charge is -2.22. The number of carbonyl (C=O) groups excluding carboxylic acids is 1. The Morgan fingerprint density at radius 2 is 2.15 bits per heavy atom. The van der Waals surface area contributed by atoms with Gasteiger partial charge in [0.2, 0.25) is 5.91 Å². The third kappa shape index (κ3) is 3.14. The third-order valence-corrected chi connectivity index (χ3v) is 3.67. The molecule has 2 rings (SSSR count). The molecule has 108 valence electrons. The molecule has 1 aromatic carbocycles. The number of nitro groups is 1. The van der Waals surface area contributed by atoms with Gasteiger partial charge in [-0.25, -0.2) is 0 Å². The largest absolute Gasteiger partial charge is 0.325 e. The first kappa shape index (κ1) is 14.5. The van der Waals surface area contributed by atoms with Crippen molar-refractivity contribution in [3.8, 4) is 0 Å². The monoisotopic (exact) mass is 277 g/mol. The van der Waals surface area contributed by atoms with Crippen molar-refractivity contribution in [2.75, 3.05) is 18.4 Å². The molecule has 1 fully saturated rings. The molecule has 1 aliphatic rings. The van der Waals surface area contributed by atoms with Crippen molar-refractivity contribution in [2.45, 2.75) is 26.7 Å². The molecule has 1 amide bonds. The van der Waals surface area contributed by atoms with Gasteiger partial charge in [-0.1, -0.05) is 0 Å². The van der Waals surface area contributed by atoms with Crippen LogP contribution in [0.2, 0.25) is 0 Å². The lowest BCUT2D eigenvalue weighted by Crippen LogP contribution is -2.37. The van der Waals surface area contributed by atoms with Crippen molar-refractivity contribution in [2.24, 2.45) is 5.92 Å². The number of amides is 1. The number of aryl methyl sites for hydroxylation is 2. The van der Waals surface area contributed by atoms with Crippen LogP contribution in [-0.4, -0.2) is 23.9 Å². The number of hydrogen-bond acceptors (Lipinski definition) is 4. The number of piperidine rings is 1. The Balaban J connectivity index is 2.18. The van der Waals surface area contributed by atoms with Gasteiger partial charge in [-0.2, -0.15) is 0 Å². The van der Waals surface area contributed by atoms with E-state index in [9.17, 15) is 14.9 Å². The summed E-state index contributed by atoms with van der Waals surface area (Å²) in [7, 11) is 0. The summed E-state index contributed by atoms with van der Waals surface area (Å²) in [6.45, 7) is 5.14. The quantitative estimate of drug-likeness (QED) is 0.655. The van der Waals surface area contributed by atoms with Gasteiger partial charge < -0.3 is 10.6 Å². The van der Waals surface area contributed by atoms with Crippen LogP contribution < -0.4 is 10.6 Å². The summed E-state index contributed by atoms with van der Waals surface area (Å²) < 4.78 is 0. The van der Waals surface area contributed by atoms with E-state index in [2.05, 4.69) is 10.6 Å². The van der Waals surface area contributed by atoms with Crippen LogP contribution >= 0.6 is 0 Å². The molecule has 0 aliphatic carbocycles. The van der Waals surface area contributed by atoms with Gasteiger partial charge in [0, 0.05) is 18.2 Å². The topological polar surface area (TPSA) is 84.3 Å². The van der Waals surface area contributed by atoms with Crippen molar-refractivity contribution in [3.63, 3.8) is 0 Å². The Kier molecular flexibility index (Phi) is 4.34. The Hall–Kier alpha value is -1.95. The van der Waals surface area contributed by atoms with Gasteiger partial charge in [-0.3, -0.25) is 14.9 Å². The lowest BCUT2D eigenvalue weighted by molar-refractivity contribution is -0.385. The second-order valence-corrected chi connectivity index (χ2v) is 5.24. The minimum Gasteiger partial charge on any atom is -0.325 e. The molecular formula is C14H19N3O3. The maximum atomic E-state index is 12.2. The summed E-state index contributed by atoms with van der Waals surface area (Å²) >= 11 is 0. The molecule has 0 aromatic heterocycles. The zero-order chi connectivity index (χ0) is 14.7. The Bertz CT molecular complexity index is 537.